The maximum atomic E-state index is 12.5. The monoisotopic (exact) mass is 357 g/mol. The molecule has 2 aliphatic rings. The van der Waals surface area contributed by atoms with Gasteiger partial charge in [-0.3, -0.25) is 19.3 Å². The van der Waals surface area contributed by atoms with E-state index in [1.807, 2.05) is 0 Å². The molecule has 0 aliphatic carbocycles. The molecule has 0 aromatic carbocycles. The Morgan fingerprint density at radius 2 is 2.04 bits per heavy atom. The minimum absolute atomic E-state index is 0.0608. The third kappa shape index (κ3) is 3.72. The molecule has 1 fully saturated rings. The van der Waals surface area contributed by atoms with Gasteiger partial charge in [-0.25, -0.2) is 4.79 Å². The van der Waals surface area contributed by atoms with Crippen molar-refractivity contribution < 1.29 is 33.4 Å². The van der Waals surface area contributed by atoms with Crippen molar-refractivity contribution in [1.29, 1.82) is 0 Å². The number of amides is 1. The van der Waals surface area contributed by atoms with Gasteiger partial charge in [-0.05, 0) is 20.8 Å². The number of fused-ring (bicyclic) bond motifs is 1. The smallest absolute Gasteiger partial charge is 0.355 e. The van der Waals surface area contributed by atoms with Gasteiger partial charge in [-0.2, -0.15) is 0 Å². The second-order valence-corrected chi connectivity index (χ2v) is 7.40. The fourth-order valence-electron chi connectivity index (χ4n) is 2.31. The van der Waals surface area contributed by atoms with Crippen LogP contribution in [0.5, 0.6) is 0 Å². The van der Waals surface area contributed by atoms with E-state index in [-0.39, 0.29) is 18.8 Å². The first-order valence-electron chi connectivity index (χ1n) is 7.28. The van der Waals surface area contributed by atoms with Crippen LogP contribution in [-0.2, 0) is 33.4 Å². The normalized spacial score (nSPS) is 23.2. The molecular weight excluding hydrogens is 338 g/mol. The lowest BCUT2D eigenvalue weighted by Gasteiger charge is -2.48. The summed E-state index contributed by atoms with van der Waals surface area (Å²) in [5.41, 5.74) is -0.201. The topological polar surface area (TPSA) is 99.2 Å². The predicted octanol–water partition coefficient (Wildman–Crippen LogP) is 0.602. The third-order valence-electron chi connectivity index (χ3n) is 3.24. The summed E-state index contributed by atoms with van der Waals surface area (Å²) in [5.74, 6) is -1.31. The Labute approximate surface area is 143 Å². The van der Waals surface area contributed by atoms with Gasteiger partial charge in [-0.1, -0.05) is 0 Å². The van der Waals surface area contributed by atoms with Crippen LogP contribution in [0.2, 0.25) is 0 Å². The summed E-state index contributed by atoms with van der Waals surface area (Å²) >= 11 is 1.33. The van der Waals surface area contributed by atoms with Crippen LogP contribution in [0.25, 0.3) is 0 Å². The number of carbonyl (C=O) groups is 4. The molecule has 0 saturated carbocycles. The molecule has 0 radical (unpaired) electrons. The molecule has 1 amide bonds. The number of esters is 2. The molecule has 2 atom stereocenters. The average molecular weight is 357 g/mol. The number of hydrogen-bond acceptors (Lipinski definition) is 8. The molecule has 2 rings (SSSR count). The first kappa shape index (κ1) is 18.3. The van der Waals surface area contributed by atoms with E-state index >= 15 is 0 Å². The summed E-state index contributed by atoms with van der Waals surface area (Å²) in [6.07, 6.45) is -0.916. The molecule has 132 valence electrons. The number of β-lactam (4-membered cyclic amide) rings is 1. The highest BCUT2D eigenvalue weighted by Crippen LogP contribution is 2.42. The van der Waals surface area contributed by atoms with Crippen molar-refractivity contribution in [2.75, 3.05) is 12.4 Å². The van der Waals surface area contributed by atoms with Gasteiger partial charge in [0, 0.05) is 18.2 Å². The molecule has 1 unspecified atom stereocenters. The van der Waals surface area contributed by atoms with E-state index in [4.69, 9.17) is 14.2 Å². The summed E-state index contributed by atoms with van der Waals surface area (Å²) in [4.78, 5) is 47.6. The van der Waals surface area contributed by atoms with Crippen LogP contribution in [0, 0.1) is 0 Å². The summed E-state index contributed by atoms with van der Waals surface area (Å²) < 4.78 is 15.1. The van der Waals surface area contributed by atoms with E-state index in [0.29, 0.717) is 11.3 Å². The number of nitrogens with zero attached hydrogens (tertiary/aromatic N) is 1. The van der Waals surface area contributed by atoms with E-state index in [9.17, 15) is 19.2 Å². The zero-order chi connectivity index (χ0) is 18.1. The van der Waals surface area contributed by atoms with E-state index in [2.05, 4.69) is 0 Å². The van der Waals surface area contributed by atoms with Gasteiger partial charge in [-0.15, -0.1) is 11.8 Å². The predicted molar refractivity (Wildman–Crippen MR) is 83.5 cm³/mol. The highest BCUT2D eigenvalue weighted by atomic mass is 32.2. The highest BCUT2D eigenvalue weighted by Gasteiger charge is 2.55. The van der Waals surface area contributed by atoms with Crippen molar-refractivity contribution in [3.8, 4) is 0 Å². The summed E-state index contributed by atoms with van der Waals surface area (Å²) in [6.45, 7) is 6.50. The Kier molecular flexibility index (Phi) is 5.22. The van der Waals surface area contributed by atoms with Crippen molar-refractivity contribution in [2.24, 2.45) is 0 Å². The Hall–Kier alpha value is -2.03. The lowest BCUT2D eigenvalue weighted by molar-refractivity contribution is -0.171. The van der Waals surface area contributed by atoms with Crippen molar-refractivity contribution in [3.05, 3.63) is 11.3 Å². The average Bonchev–Trinajstić information content (AvgIpc) is 2.47. The number of carbonyl (C=O) groups excluding carboxylic acids is 4. The molecule has 24 heavy (non-hydrogen) atoms. The van der Waals surface area contributed by atoms with Crippen LogP contribution >= 0.6 is 11.8 Å². The minimum Gasteiger partial charge on any atom is -0.461 e. The summed E-state index contributed by atoms with van der Waals surface area (Å²) in [6, 6.07) is 0. The number of thioether (sulfide) groups is 1. The molecule has 8 nitrogen and oxygen atoms in total. The number of ether oxygens (including phenoxy) is 3. The molecular formula is C15H19NO7S. The zero-order valence-electron chi connectivity index (χ0n) is 13.9. The van der Waals surface area contributed by atoms with E-state index < -0.39 is 34.9 Å². The molecule has 2 heterocycles. The molecule has 0 bridgehead atoms. The van der Waals surface area contributed by atoms with Gasteiger partial charge in [0.05, 0.1) is 0 Å². The van der Waals surface area contributed by atoms with Gasteiger partial charge in [0.2, 0.25) is 6.10 Å². The van der Waals surface area contributed by atoms with Crippen molar-refractivity contribution in [2.45, 2.75) is 44.8 Å². The molecule has 0 spiro atoms. The highest BCUT2D eigenvalue weighted by molar-refractivity contribution is 8.00. The van der Waals surface area contributed by atoms with Gasteiger partial charge in [0.1, 0.15) is 23.3 Å². The quantitative estimate of drug-likeness (QED) is 0.305. The molecule has 0 N–H and O–H groups in total. The molecule has 1 saturated heterocycles. The van der Waals surface area contributed by atoms with Crippen LogP contribution in [-0.4, -0.2) is 58.7 Å². The summed E-state index contributed by atoms with van der Waals surface area (Å²) in [7, 11) is 0. The fraction of sp³-hybridized carbons (Fsp3) is 0.600. The third-order valence-corrected chi connectivity index (χ3v) is 4.56. The van der Waals surface area contributed by atoms with Gasteiger partial charge < -0.3 is 14.2 Å². The van der Waals surface area contributed by atoms with Crippen LogP contribution < -0.4 is 0 Å². The first-order chi connectivity index (χ1) is 11.2. The second-order valence-electron chi connectivity index (χ2n) is 6.30. The van der Waals surface area contributed by atoms with Crippen molar-refractivity contribution >= 4 is 36.1 Å². The van der Waals surface area contributed by atoms with E-state index in [0.717, 1.165) is 0 Å². The minimum atomic E-state index is -0.916. The van der Waals surface area contributed by atoms with Gasteiger partial charge in [0.25, 0.3) is 12.4 Å². The van der Waals surface area contributed by atoms with Crippen LogP contribution in [0.1, 0.15) is 27.7 Å². The van der Waals surface area contributed by atoms with E-state index in [1.165, 1.54) is 23.6 Å². The molecule has 0 aromatic rings. The molecule has 9 heteroatoms. The van der Waals surface area contributed by atoms with Crippen LogP contribution in [0.4, 0.5) is 0 Å². The van der Waals surface area contributed by atoms with Crippen molar-refractivity contribution in [3.63, 3.8) is 0 Å². The van der Waals surface area contributed by atoms with E-state index in [1.54, 1.807) is 20.8 Å². The summed E-state index contributed by atoms with van der Waals surface area (Å²) in [5, 5.41) is -0.480. The maximum absolute atomic E-state index is 12.5. The standard InChI is InChI=1S/C15H19NO7S/c1-8(18)21-5-9-6-24-13-11(22-7-17)12(19)16(13)10(9)14(20)23-15(2,3)4/h7,11,13H,5-6H2,1-4H3/t11-,13?/m0/s1. The van der Waals surface area contributed by atoms with Crippen LogP contribution in [0.15, 0.2) is 11.3 Å². The van der Waals surface area contributed by atoms with Gasteiger partial charge in [0.15, 0.2) is 0 Å². The Morgan fingerprint density at radius 3 is 2.58 bits per heavy atom. The Balaban J connectivity index is 2.30. The Morgan fingerprint density at radius 1 is 1.38 bits per heavy atom. The van der Waals surface area contributed by atoms with Crippen LogP contribution in [0.3, 0.4) is 0 Å². The second kappa shape index (κ2) is 6.84. The Bertz CT molecular complexity index is 607. The molecule has 2 aliphatic heterocycles. The lowest BCUT2D eigenvalue weighted by Crippen LogP contribution is -2.66. The lowest BCUT2D eigenvalue weighted by atomic mass is 10.0. The SMILES string of the molecule is CC(=O)OCC1=C(C(=O)OC(C)(C)C)N2C(=O)[C@H](OC=O)C2SC1. The fourth-order valence-corrected chi connectivity index (χ4v) is 3.62. The number of rotatable bonds is 5. The maximum Gasteiger partial charge on any atom is 0.355 e. The zero-order valence-corrected chi connectivity index (χ0v) is 14.7. The molecule has 0 aromatic heterocycles. The van der Waals surface area contributed by atoms with Crippen molar-refractivity contribution in [1.82, 2.24) is 4.90 Å². The number of hydrogen-bond donors (Lipinski definition) is 0. The largest absolute Gasteiger partial charge is 0.461 e. The van der Waals surface area contributed by atoms with Gasteiger partial charge >= 0.3 is 11.9 Å². The first-order valence-corrected chi connectivity index (χ1v) is 8.33.